The Bertz CT molecular complexity index is 1780. The summed E-state index contributed by atoms with van der Waals surface area (Å²) in [6.07, 6.45) is 3.57. The van der Waals surface area contributed by atoms with Crippen LogP contribution in [0, 0.1) is 17.3 Å². The minimum absolute atomic E-state index is 0.0849. The Morgan fingerprint density at radius 3 is 2.25 bits per heavy atom. The van der Waals surface area contributed by atoms with Gasteiger partial charge in [0.1, 0.15) is 16.7 Å². The van der Waals surface area contributed by atoms with Crippen molar-refractivity contribution >= 4 is 51.0 Å². The maximum Gasteiger partial charge on any atom is 0.303 e. The van der Waals surface area contributed by atoms with E-state index in [1.165, 1.54) is 6.92 Å². The fraction of sp³-hybridized carbons (Fsp3) is 0.650. The second-order valence-corrected chi connectivity index (χ2v) is 19.5. The number of carbonyl (C=O) groups excluding carboxylic acids is 5. The first-order chi connectivity index (χ1) is 26.3. The largest absolute Gasteiger partial charge is 0.455 e. The number of hydrogen-bond donors (Lipinski definition) is 4. The summed E-state index contributed by atoms with van der Waals surface area (Å²) in [6, 6.07) is 7.29. The predicted molar refractivity (Wildman–Crippen MR) is 215 cm³/mol. The Kier molecular flexibility index (Phi) is 15.6. The van der Waals surface area contributed by atoms with Crippen molar-refractivity contribution in [3.8, 4) is 0 Å². The highest BCUT2D eigenvalue weighted by molar-refractivity contribution is 7.90. The van der Waals surface area contributed by atoms with Crippen LogP contribution in [0.1, 0.15) is 121 Å². The van der Waals surface area contributed by atoms with E-state index in [0.29, 0.717) is 30.7 Å². The third-order valence-electron chi connectivity index (χ3n) is 10.4. The second-order valence-electron chi connectivity index (χ2n) is 16.7. The molecule has 6 atom stereocenters. The van der Waals surface area contributed by atoms with Gasteiger partial charge in [0, 0.05) is 43.8 Å². The molecule has 1 unspecified atom stereocenters. The number of likely N-dealkylation sites (N-methyl/N-ethyl adjacent to an activating group) is 1. The summed E-state index contributed by atoms with van der Waals surface area (Å²) in [4.78, 5) is 72.7. The molecule has 56 heavy (non-hydrogen) atoms. The zero-order valence-corrected chi connectivity index (χ0v) is 35.6. The molecule has 310 valence electrons. The van der Waals surface area contributed by atoms with E-state index in [0.717, 1.165) is 36.3 Å². The highest BCUT2D eigenvalue weighted by Gasteiger charge is 2.40. The van der Waals surface area contributed by atoms with Gasteiger partial charge in [-0.3, -0.25) is 28.7 Å². The first-order valence-electron chi connectivity index (χ1n) is 19.6. The summed E-state index contributed by atoms with van der Waals surface area (Å²) in [7, 11) is -2.03. The molecular weight excluding hydrogens is 757 g/mol. The maximum absolute atomic E-state index is 14.2. The van der Waals surface area contributed by atoms with E-state index < -0.39 is 68.6 Å². The van der Waals surface area contributed by atoms with Crippen molar-refractivity contribution in [2.45, 2.75) is 135 Å². The topological polar surface area (TPSA) is 193 Å². The summed E-state index contributed by atoms with van der Waals surface area (Å²) >= 11 is 1.15. The van der Waals surface area contributed by atoms with Crippen LogP contribution in [0.3, 0.4) is 0 Å². The molecule has 1 aromatic carbocycles. The molecule has 2 aliphatic rings. The van der Waals surface area contributed by atoms with Gasteiger partial charge >= 0.3 is 5.97 Å². The predicted octanol–water partition coefficient (Wildman–Crippen LogP) is 4.27. The molecule has 1 aliphatic heterocycles. The zero-order valence-electron chi connectivity index (χ0n) is 33.9. The van der Waals surface area contributed by atoms with Gasteiger partial charge in [0.05, 0.1) is 11.3 Å². The molecule has 2 heterocycles. The normalized spacial score (nSPS) is 18.8. The van der Waals surface area contributed by atoms with E-state index in [-0.39, 0.29) is 42.3 Å². The van der Waals surface area contributed by atoms with Gasteiger partial charge in [0.2, 0.25) is 27.7 Å². The molecule has 2 fully saturated rings. The van der Waals surface area contributed by atoms with Crippen molar-refractivity contribution < 1.29 is 37.1 Å². The van der Waals surface area contributed by atoms with Gasteiger partial charge in [-0.2, -0.15) is 0 Å². The van der Waals surface area contributed by atoms with Crippen LogP contribution in [0.25, 0.3) is 0 Å². The summed E-state index contributed by atoms with van der Waals surface area (Å²) in [5.41, 5.74) is 0.409. The van der Waals surface area contributed by atoms with Gasteiger partial charge in [-0.05, 0) is 62.0 Å². The minimum Gasteiger partial charge on any atom is -0.455 e. The lowest BCUT2D eigenvalue weighted by Crippen LogP contribution is -2.59. The summed E-state index contributed by atoms with van der Waals surface area (Å²) < 4.78 is 32.8. The Morgan fingerprint density at radius 1 is 1.00 bits per heavy atom. The molecule has 1 saturated carbocycles. The summed E-state index contributed by atoms with van der Waals surface area (Å²) in [5.74, 6) is -2.95. The fourth-order valence-corrected chi connectivity index (χ4v) is 9.20. The third-order valence-corrected chi connectivity index (χ3v) is 13.2. The van der Waals surface area contributed by atoms with E-state index in [1.54, 1.807) is 24.3 Å². The van der Waals surface area contributed by atoms with Crippen LogP contribution in [-0.2, 0) is 40.4 Å². The minimum atomic E-state index is -3.72. The van der Waals surface area contributed by atoms with Gasteiger partial charge in [-0.25, -0.2) is 13.4 Å². The molecule has 2 aromatic rings. The highest BCUT2D eigenvalue weighted by atomic mass is 32.2. The molecule has 0 radical (unpaired) electrons. The van der Waals surface area contributed by atoms with Crippen LogP contribution in [0.2, 0.25) is 0 Å². The van der Waals surface area contributed by atoms with E-state index in [9.17, 15) is 32.4 Å². The molecule has 1 aromatic heterocycles. The average molecular weight is 817 g/mol. The molecule has 16 heteroatoms. The van der Waals surface area contributed by atoms with Gasteiger partial charge in [-0.1, -0.05) is 78.3 Å². The number of aromatic nitrogens is 1. The molecule has 1 aliphatic carbocycles. The zero-order chi connectivity index (χ0) is 41.4. The third kappa shape index (κ3) is 12.8. The lowest BCUT2D eigenvalue weighted by atomic mass is 9.84. The molecule has 4 N–H and O–H groups in total. The number of carbonyl (C=O) groups is 5. The van der Waals surface area contributed by atoms with Crippen molar-refractivity contribution in [2.24, 2.45) is 17.3 Å². The quantitative estimate of drug-likeness (QED) is 0.158. The Labute approximate surface area is 335 Å². The number of hydrogen-bond acceptors (Lipinski definition) is 11. The van der Waals surface area contributed by atoms with Crippen LogP contribution in [0.15, 0.2) is 35.7 Å². The van der Waals surface area contributed by atoms with Crippen LogP contribution < -0.4 is 20.7 Å². The number of rotatable bonds is 18. The smallest absolute Gasteiger partial charge is 0.303 e. The van der Waals surface area contributed by atoms with Crippen LogP contribution in [-0.4, -0.2) is 90.9 Å². The van der Waals surface area contributed by atoms with Crippen molar-refractivity contribution in [3.63, 3.8) is 0 Å². The summed E-state index contributed by atoms with van der Waals surface area (Å²) in [6.45, 7) is 13.3. The number of benzene rings is 1. The van der Waals surface area contributed by atoms with E-state index in [1.807, 2.05) is 65.0 Å². The lowest BCUT2D eigenvalue weighted by Gasteiger charge is -2.39. The Hall–Kier alpha value is -3.89. The number of piperidine rings is 1. The SMILES string of the molecule is CC(=O)O[C@H](CC(C(C)C)N(C)C(=O)[C@@H](NC(=O)[C@H]1CCCCN1)C(C)(C)C)c1nc(C(=O)N[C@@H](Cc2ccccc2)C[C@H](C)C(=O)NS(=O)(=O)C2CC2)cs1. The number of nitrogens with zero attached hydrogens (tertiary/aromatic N) is 2. The highest BCUT2D eigenvalue weighted by Crippen LogP contribution is 2.32. The van der Waals surface area contributed by atoms with E-state index in [2.05, 4.69) is 25.7 Å². The molecule has 14 nitrogen and oxygen atoms in total. The van der Waals surface area contributed by atoms with Gasteiger partial charge in [-0.15, -0.1) is 11.3 Å². The monoisotopic (exact) mass is 816 g/mol. The van der Waals surface area contributed by atoms with Gasteiger partial charge in [0.15, 0.2) is 6.10 Å². The molecule has 4 amide bonds. The van der Waals surface area contributed by atoms with Crippen molar-refractivity contribution in [2.75, 3.05) is 13.6 Å². The van der Waals surface area contributed by atoms with Crippen molar-refractivity contribution in [1.82, 2.24) is 30.6 Å². The number of thiazole rings is 1. The van der Waals surface area contributed by atoms with Crippen LogP contribution >= 0.6 is 11.3 Å². The Balaban J connectivity index is 1.50. The molecule has 4 rings (SSSR count). The molecular formula is C40H60N6O8S2. The first kappa shape index (κ1) is 44.8. The summed E-state index contributed by atoms with van der Waals surface area (Å²) in [5, 5.41) is 10.7. The van der Waals surface area contributed by atoms with E-state index in [4.69, 9.17) is 4.74 Å². The maximum atomic E-state index is 14.2. The second kappa shape index (κ2) is 19.5. The number of esters is 1. The molecule has 0 spiro atoms. The lowest BCUT2D eigenvalue weighted by molar-refractivity contribution is -0.149. The van der Waals surface area contributed by atoms with Crippen molar-refractivity contribution in [3.05, 3.63) is 52.0 Å². The molecule has 1 saturated heterocycles. The van der Waals surface area contributed by atoms with Crippen molar-refractivity contribution in [1.29, 1.82) is 0 Å². The van der Waals surface area contributed by atoms with Gasteiger partial charge < -0.3 is 25.6 Å². The number of amides is 4. The number of nitrogens with one attached hydrogen (secondary N) is 4. The fourth-order valence-electron chi connectivity index (χ4n) is 6.96. The number of ether oxygens (including phenoxy) is 1. The van der Waals surface area contributed by atoms with E-state index >= 15 is 0 Å². The first-order valence-corrected chi connectivity index (χ1v) is 22.0. The van der Waals surface area contributed by atoms with Gasteiger partial charge in [0.25, 0.3) is 5.91 Å². The van der Waals surface area contributed by atoms with Crippen LogP contribution in [0.4, 0.5) is 0 Å². The number of sulfonamides is 1. The average Bonchev–Trinajstić information content (AvgIpc) is 3.89. The molecule has 0 bridgehead atoms. The standard InChI is InChI=1S/C40H60N6O8S2/c1-24(2)32(46(8)39(51)34(40(5,6)7)44-36(49)30-16-12-13-19-41-30)22-33(54-26(4)47)38-43-31(23-55-38)37(50)42-28(21-27-14-10-9-11-15-27)20-25(3)35(48)45-56(52,53)29-17-18-29/h9-11,14-15,23-25,28-30,32-34,41H,12-13,16-22H2,1-8H3,(H,42,50)(H,44,49)(H,45,48)/t25-,28+,30+,32?,33+,34+/m0/s1. The Morgan fingerprint density at radius 2 is 1.68 bits per heavy atom. The van der Waals surface area contributed by atoms with Crippen LogP contribution in [0.5, 0.6) is 0 Å².